The van der Waals surface area contributed by atoms with Crippen molar-refractivity contribution in [2.24, 2.45) is 0 Å². The summed E-state index contributed by atoms with van der Waals surface area (Å²) in [6.07, 6.45) is 2.26. The number of carbonyl (C=O) groups is 1. The van der Waals surface area contributed by atoms with Gasteiger partial charge in [0, 0.05) is 11.1 Å². The molecule has 0 radical (unpaired) electrons. The van der Waals surface area contributed by atoms with E-state index in [0.717, 1.165) is 46.7 Å². The number of phenolic OH excluding ortho intramolecular Hbond substituents is 1. The first-order valence-corrected chi connectivity index (χ1v) is 8.92. The van der Waals surface area contributed by atoms with E-state index in [1.54, 1.807) is 12.1 Å². The molecule has 0 spiro atoms. The van der Waals surface area contributed by atoms with Gasteiger partial charge in [-0.05, 0) is 37.5 Å². The van der Waals surface area contributed by atoms with Gasteiger partial charge in [-0.1, -0.05) is 29.5 Å². The van der Waals surface area contributed by atoms with Crippen molar-refractivity contribution < 1.29 is 18.7 Å². The van der Waals surface area contributed by atoms with E-state index in [9.17, 15) is 18.7 Å². The van der Waals surface area contributed by atoms with Crippen molar-refractivity contribution in [1.29, 1.82) is 0 Å². The van der Waals surface area contributed by atoms with Crippen molar-refractivity contribution in [3.05, 3.63) is 64.9 Å². The van der Waals surface area contributed by atoms with Crippen LogP contribution in [-0.2, 0) is 12.8 Å². The van der Waals surface area contributed by atoms with E-state index >= 15 is 0 Å². The SMILES string of the molecule is O=C(Nc1nc2c(s1)-c1cccc(O)c1CCC2)c1c(F)cccc1F. The number of fused-ring (bicyclic) bond motifs is 3. The largest absolute Gasteiger partial charge is 0.508 e. The van der Waals surface area contributed by atoms with Crippen LogP contribution >= 0.6 is 11.3 Å². The first-order valence-electron chi connectivity index (χ1n) is 8.11. The second kappa shape index (κ2) is 6.49. The van der Waals surface area contributed by atoms with Crippen LogP contribution in [0.25, 0.3) is 10.4 Å². The fourth-order valence-electron chi connectivity index (χ4n) is 3.14. The van der Waals surface area contributed by atoms with Crippen LogP contribution in [0.15, 0.2) is 36.4 Å². The summed E-state index contributed by atoms with van der Waals surface area (Å²) in [6.45, 7) is 0. The summed E-state index contributed by atoms with van der Waals surface area (Å²) in [6, 6.07) is 8.59. The number of benzene rings is 2. The number of nitrogens with zero attached hydrogens (tertiary/aromatic N) is 1. The highest BCUT2D eigenvalue weighted by Gasteiger charge is 2.23. The van der Waals surface area contributed by atoms with Gasteiger partial charge in [0.15, 0.2) is 5.13 Å². The molecular weight excluding hydrogens is 358 g/mol. The monoisotopic (exact) mass is 372 g/mol. The van der Waals surface area contributed by atoms with Crippen molar-refractivity contribution in [2.75, 3.05) is 5.32 Å². The fourth-order valence-corrected chi connectivity index (χ4v) is 4.20. The molecule has 1 amide bonds. The molecule has 1 aliphatic carbocycles. The lowest BCUT2D eigenvalue weighted by Crippen LogP contribution is -2.15. The van der Waals surface area contributed by atoms with Crippen LogP contribution < -0.4 is 5.32 Å². The highest BCUT2D eigenvalue weighted by Crippen LogP contribution is 2.41. The van der Waals surface area contributed by atoms with Gasteiger partial charge in [0.05, 0.1) is 10.6 Å². The number of thiazole rings is 1. The van der Waals surface area contributed by atoms with E-state index < -0.39 is 23.1 Å². The van der Waals surface area contributed by atoms with Gasteiger partial charge < -0.3 is 5.11 Å². The Morgan fingerprint density at radius 2 is 1.85 bits per heavy atom. The number of aromatic hydroxyl groups is 1. The van der Waals surface area contributed by atoms with Crippen LogP contribution in [0.2, 0.25) is 0 Å². The molecule has 0 saturated carbocycles. The maximum absolute atomic E-state index is 13.8. The normalized spacial score (nSPS) is 12.8. The third kappa shape index (κ3) is 2.84. The van der Waals surface area contributed by atoms with Gasteiger partial charge in [-0.3, -0.25) is 10.1 Å². The second-order valence-corrected chi connectivity index (χ2v) is 7.00. The number of aromatic nitrogens is 1. The Morgan fingerprint density at radius 1 is 1.12 bits per heavy atom. The molecule has 4 nitrogen and oxygen atoms in total. The molecule has 0 fully saturated rings. The smallest absolute Gasteiger partial charge is 0.263 e. The van der Waals surface area contributed by atoms with Crippen molar-refractivity contribution in [2.45, 2.75) is 19.3 Å². The minimum absolute atomic E-state index is 0.239. The number of phenols is 1. The minimum Gasteiger partial charge on any atom is -0.508 e. The number of rotatable bonds is 2. The topological polar surface area (TPSA) is 62.2 Å². The quantitative estimate of drug-likeness (QED) is 0.694. The number of amides is 1. The summed E-state index contributed by atoms with van der Waals surface area (Å²) >= 11 is 1.24. The van der Waals surface area contributed by atoms with Crippen molar-refractivity contribution in [1.82, 2.24) is 4.98 Å². The Hall–Kier alpha value is -2.80. The van der Waals surface area contributed by atoms with Crippen molar-refractivity contribution >= 4 is 22.4 Å². The lowest BCUT2D eigenvalue weighted by molar-refractivity contribution is 0.101. The average molecular weight is 372 g/mol. The first-order chi connectivity index (χ1) is 12.5. The van der Waals surface area contributed by atoms with E-state index in [2.05, 4.69) is 10.3 Å². The minimum atomic E-state index is -0.920. The van der Waals surface area contributed by atoms with Gasteiger partial charge in [-0.15, -0.1) is 0 Å². The molecule has 0 unspecified atom stereocenters. The molecular formula is C19H14F2N2O2S. The highest BCUT2D eigenvalue weighted by atomic mass is 32.1. The summed E-state index contributed by atoms with van der Waals surface area (Å²) in [5.41, 5.74) is 1.92. The molecule has 0 bridgehead atoms. The molecule has 4 rings (SSSR count). The maximum atomic E-state index is 13.8. The molecule has 2 N–H and O–H groups in total. The number of hydrogen-bond donors (Lipinski definition) is 2. The zero-order valence-corrected chi connectivity index (χ0v) is 14.4. The van der Waals surface area contributed by atoms with Crippen molar-refractivity contribution in [3.8, 4) is 16.2 Å². The average Bonchev–Trinajstić information content (AvgIpc) is 2.90. The summed E-state index contributed by atoms with van der Waals surface area (Å²) in [5.74, 6) is -2.48. The summed E-state index contributed by atoms with van der Waals surface area (Å²) in [7, 11) is 0. The Bertz CT molecular complexity index is 997. The molecule has 0 saturated heterocycles. The van der Waals surface area contributed by atoms with E-state index in [-0.39, 0.29) is 10.9 Å². The molecule has 1 heterocycles. The van der Waals surface area contributed by atoms with Crippen LogP contribution in [0.3, 0.4) is 0 Å². The van der Waals surface area contributed by atoms with Gasteiger partial charge in [-0.25, -0.2) is 13.8 Å². The van der Waals surface area contributed by atoms with Gasteiger partial charge in [-0.2, -0.15) is 0 Å². The molecule has 1 aliphatic rings. The zero-order valence-electron chi connectivity index (χ0n) is 13.6. The molecule has 1 aromatic heterocycles. The molecule has 2 aromatic carbocycles. The van der Waals surface area contributed by atoms with Gasteiger partial charge in [0.25, 0.3) is 5.91 Å². The zero-order chi connectivity index (χ0) is 18.3. The number of halogens is 2. The number of anilines is 1. The standard InChI is InChI=1S/C19H14F2N2O2S/c20-12-6-3-7-13(21)16(12)18(25)23-19-22-14-8-1-4-10-11(17(14)26-19)5-2-9-15(10)24/h2-3,5-7,9,24H,1,4,8H2,(H,22,23,25). The summed E-state index contributed by atoms with van der Waals surface area (Å²) in [4.78, 5) is 17.6. The molecule has 132 valence electrons. The second-order valence-electron chi connectivity index (χ2n) is 6.00. The highest BCUT2D eigenvalue weighted by molar-refractivity contribution is 7.19. The van der Waals surface area contributed by atoms with Crippen LogP contribution in [-0.4, -0.2) is 16.0 Å². The van der Waals surface area contributed by atoms with Crippen LogP contribution in [0.5, 0.6) is 5.75 Å². The lowest BCUT2D eigenvalue weighted by Gasteiger charge is -2.07. The Kier molecular flexibility index (Phi) is 4.16. The fraction of sp³-hybridized carbons (Fsp3) is 0.158. The van der Waals surface area contributed by atoms with E-state index in [0.29, 0.717) is 6.42 Å². The maximum Gasteiger partial charge on any atom is 0.263 e. The predicted octanol–water partition coefficient (Wildman–Crippen LogP) is 4.53. The number of carbonyl (C=O) groups excluding carboxylic acids is 1. The third-order valence-electron chi connectivity index (χ3n) is 4.34. The van der Waals surface area contributed by atoms with Gasteiger partial charge in [0.1, 0.15) is 22.9 Å². The Morgan fingerprint density at radius 3 is 2.62 bits per heavy atom. The number of aryl methyl sites for hydroxylation is 1. The van der Waals surface area contributed by atoms with E-state index in [1.807, 2.05) is 6.07 Å². The Balaban J connectivity index is 1.70. The summed E-state index contributed by atoms with van der Waals surface area (Å²) < 4.78 is 27.6. The van der Waals surface area contributed by atoms with Crippen molar-refractivity contribution in [3.63, 3.8) is 0 Å². The molecule has 0 aliphatic heterocycles. The number of hydrogen-bond acceptors (Lipinski definition) is 4. The first kappa shape index (κ1) is 16.7. The van der Waals surface area contributed by atoms with Crippen LogP contribution in [0.1, 0.15) is 28.0 Å². The molecule has 3 aromatic rings. The Labute approximate surface area is 152 Å². The lowest BCUT2D eigenvalue weighted by atomic mass is 10.0. The van der Waals surface area contributed by atoms with E-state index in [1.165, 1.54) is 17.4 Å². The van der Waals surface area contributed by atoms with Gasteiger partial charge >= 0.3 is 0 Å². The number of nitrogens with one attached hydrogen (secondary N) is 1. The van der Waals surface area contributed by atoms with Gasteiger partial charge in [0.2, 0.25) is 0 Å². The third-order valence-corrected chi connectivity index (χ3v) is 5.39. The van der Waals surface area contributed by atoms with Crippen LogP contribution in [0.4, 0.5) is 13.9 Å². The molecule has 7 heteroatoms. The van der Waals surface area contributed by atoms with E-state index in [4.69, 9.17) is 0 Å². The summed E-state index contributed by atoms with van der Waals surface area (Å²) in [5, 5.41) is 12.9. The predicted molar refractivity (Wildman–Crippen MR) is 95.6 cm³/mol. The molecule has 0 atom stereocenters. The van der Waals surface area contributed by atoms with Crippen LogP contribution in [0, 0.1) is 11.6 Å². The molecule has 26 heavy (non-hydrogen) atoms.